The van der Waals surface area contributed by atoms with Crippen LogP contribution in [0.15, 0.2) is 76.3 Å². The topological polar surface area (TPSA) is 79.8 Å². The molecule has 0 radical (unpaired) electrons. The van der Waals surface area contributed by atoms with Gasteiger partial charge in [-0.1, -0.05) is 59.6 Å². The van der Waals surface area contributed by atoms with Gasteiger partial charge in [0.25, 0.3) is 11.8 Å². The highest BCUT2D eigenvalue weighted by Crippen LogP contribution is 2.24. The van der Waals surface area contributed by atoms with E-state index in [0.29, 0.717) is 16.3 Å². The van der Waals surface area contributed by atoms with Crippen molar-refractivity contribution in [3.63, 3.8) is 0 Å². The third-order valence-corrected chi connectivity index (χ3v) is 5.90. The zero-order chi connectivity index (χ0) is 25.4. The summed E-state index contributed by atoms with van der Waals surface area (Å²) in [4.78, 5) is 25.2. The van der Waals surface area contributed by atoms with Gasteiger partial charge in [-0.3, -0.25) is 9.59 Å². The third kappa shape index (κ3) is 7.63. The fourth-order valence-electron chi connectivity index (χ4n) is 3.12. The molecule has 0 spiro atoms. The van der Waals surface area contributed by atoms with Gasteiger partial charge in [-0.05, 0) is 54.4 Å². The Morgan fingerprint density at radius 2 is 1.83 bits per heavy atom. The van der Waals surface area contributed by atoms with E-state index in [1.54, 1.807) is 32.0 Å². The average Bonchev–Trinajstić information content (AvgIpc) is 2.83. The molecule has 0 aliphatic rings. The van der Waals surface area contributed by atoms with Gasteiger partial charge in [0.15, 0.2) is 0 Å². The number of amides is 2. The molecule has 0 saturated heterocycles. The quantitative estimate of drug-likeness (QED) is 0.259. The van der Waals surface area contributed by atoms with Gasteiger partial charge in [-0.15, -0.1) is 0 Å². The second-order valence-corrected chi connectivity index (χ2v) is 9.32. The Bertz CT molecular complexity index is 1220. The Morgan fingerprint density at radius 3 is 2.51 bits per heavy atom. The van der Waals surface area contributed by atoms with Crippen LogP contribution in [-0.2, 0) is 11.4 Å². The lowest BCUT2D eigenvalue weighted by Gasteiger charge is -2.20. The Labute approximate surface area is 216 Å². The number of nitrogens with zero attached hydrogens (tertiary/aromatic N) is 1. The summed E-state index contributed by atoms with van der Waals surface area (Å²) in [6.07, 6.45) is 1.46. The lowest BCUT2D eigenvalue weighted by Crippen LogP contribution is -2.48. The molecule has 182 valence electrons. The second kappa shape index (κ2) is 12.5. The molecular formula is C26H24BrClFN3O3. The number of ether oxygens (including phenoxy) is 1. The van der Waals surface area contributed by atoms with Gasteiger partial charge in [-0.2, -0.15) is 5.10 Å². The summed E-state index contributed by atoms with van der Waals surface area (Å²) in [7, 11) is 0. The molecule has 1 unspecified atom stereocenters. The van der Waals surface area contributed by atoms with Gasteiger partial charge in [-0.25, -0.2) is 9.82 Å². The molecule has 6 nitrogen and oxygen atoms in total. The predicted octanol–water partition coefficient (Wildman–Crippen LogP) is 5.73. The molecule has 0 saturated carbocycles. The fourth-order valence-corrected chi connectivity index (χ4v) is 3.69. The standard InChI is InChI=1S/C26H24BrClFN3O3/c1-16(2)24(31-25(33)17-7-10-21(29)11-8-17)26(34)32-30-14-19-13-20(27)9-12-23(19)35-15-18-5-3-4-6-22(18)28/h3-14,16,24H,15H2,1-2H3,(H,31,33)(H,32,34)/b30-14+. The van der Waals surface area contributed by atoms with Crippen molar-refractivity contribution in [3.05, 3.63) is 98.7 Å². The molecule has 2 N–H and O–H groups in total. The zero-order valence-corrected chi connectivity index (χ0v) is 21.4. The van der Waals surface area contributed by atoms with Crippen molar-refractivity contribution in [2.75, 3.05) is 0 Å². The number of hydrogen-bond donors (Lipinski definition) is 2. The van der Waals surface area contributed by atoms with Crippen LogP contribution in [0.25, 0.3) is 0 Å². The Hall–Kier alpha value is -3.23. The number of halogens is 3. The minimum atomic E-state index is -0.844. The molecule has 0 fully saturated rings. The van der Waals surface area contributed by atoms with Crippen LogP contribution in [-0.4, -0.2) is 24.1 Å². The van der Waals surface area contributed by atoms with Crippen molar-refractivity contribution >= 4 is 45.6 Å². The molecule has 0 bridgehead atoms. The summed E-state index contributed by atoms with van der Waals surface area (Å²) in [6, 6.07) is 17.0. The lowest BCUT2D eigenvalue weighted by atomic mass is 10.0. The molecule has 9 heteroatoms. The van der Waals surface area contributed by atoms with Crippen LogP contribution in [0.3, 0.4) is 0 Å². The van der Waals surface area contributed by atoms with E-state index in [4.69, 9.17) is 16.3 Å². The van der Waals surface area contributed by atoms with Gasteiger partial charge in [0.1, 0.15) is 24.2 Å². The maximum Gasteiger partial charge on any atom is 0.262 e. The van der Waals surface area contributed by atoms with Crippen LogP contribution in [0.4, 0.5) is 4.39 Å². The van der Waals surface area contributed by atoms with Gasteiger partial charge < -0.3 is 10.1 Å². The van der Waals surface area contributed by atoms with Crippen LogP contribution < -0.4 is 15.5 Å². The van der Waals surface area contributed by atoms with E-state index >= 15 is 0 Å². The van der Waals surface area contributed by atoms with Crippen LogP contribution in [0.2, 0.25) is 5.02 Å². The molecule has 0 aliphatic heterocycles. The number of carbonyl (C=O) groups excluding carboxylic acids is 2. The number of nitrogens with one attached hydrogen (secondary N) is 2. The highest BCUT2D eigenvalue weighted by atomic mass is 79.9. The van der Waals surface area contributed by atoms with E-state index in [1.807, 2.05) is 24.3 Å². The Kier molecular flexibility index (Phi) is 9.39. The average molecular weight is 561 g/mol. The zero-order valence-electron chi connectivity index (χ0n) is 19.1. The molecule has 0 aromatic heterocycles. The van der Waals surface area contributed by atoms with Gasteiger partial charge in [0.2, 0.25) is 0 Å². The Balaban J connectivity index is 1.67. The first-order valence-electron chi connectivity index (χ1n) is 10.8. The van der Waals surface area contributed by atoms with Gasteiger partial charge in [0, 0.05) is 26.2 Å². The molecule has 3 aromatic rings. The van der Waals surface area contributed by atoms with Crippen LogP contribution in [0.1, 0.15) is 35.3 Å². The largest absolute Gasteiger partial charge is 0.488 e. The molecular weight excluding hydrogens is 537 g/mol. The van der Waals surface area contributed by atoms with Crippen LogP contribution in [0.5, 0.6) is 5.75 Å². The number of rotatable bonds is 9. The van der Waals surface area contributed by atoms with E-state index in [9.17, 15) is 14.0 Å². The number of hydrazone groups is 1. The normalized spacial score (nSPS) is 11.9. The monoisotopic (exact) mass is 559 g/mol. The first-order valence-corrected chi connectivity index (χ1v) is 12.0. The number of carbonyl (C=O) groups is 2. The van der Waals surface area contributed by atoms with Crippen molar-refractivity contribution < 1.29 is 18.7 Å². The molecule has 0 heterocycles. The van der Waals surface area contributed by atoms with E-state index in [1.165, 1.54) is 30.5 Å². The number of benzene rings is 3. The molecule has 2 amide bonds. The lowest BCUT2D eigenvalue weighted by molar-refractivity contribution is -0.123. The maximum absolute atomic E-state index is 13.1. The summed E-state index contributed by atoms with van der Waals surface area (Å²) in [5.74, 6) is -1.08. The summed E-state index contributed by atoms with van der Waals surface area (Å²) < 4.78 is 19.9. The smallest absolute Gasteiger partial charge is 0.262 e. The van der Waals surface area contributed by atoms with E-state index < -0.39 is 23.7 Å². The number of hydrogen-bond acceptors (Lipinski definition) is 4. The van der Waals surface area contributed by atoms with Gasteiger partial charge >= 0.3 is 0 Å². The van der Waals surface area contributed by atoms with Crippen molar-refractivity contribution in [2.45, 2.75) is 26.5 Å². The second-order valence-electron chi connectivity index (χ2n) is 8.00. The molecule has 3 rings (SSSR count). The molecule has 1 atom stereocenters. The third-order valence-electron chi connectivity index (χ3n) is 5.03. The van der Waals surface area contributed by atoms with Crippen molar-refractivity contribution in [1.29, 1.82) is 0 Å². The summed E-state index contributed by atoms with van der Waals surface area (Å²) in [5.41, 5.74) is 4.19. The summed E-state index contributed by atoms with van der Waals surface area (Å²) in [6.45, 7) is 3.86. The van der Waals surface area contributed by atoms with Crippen molar-refractivity contribution in [3.8, 4) is 5.75 Å². The Morgan fingerprint density at radius 1 is 1.11 bits per heavy atom. The first-order chi connectivity index (χ1) is 16.7. The summed E-state index contributed by atoms with van der Waals surface area (Å²) >= 11 is 9.63. The molecule has 35 heavy (non-hydrogen) atoms. The van der Waals surface area contributed by atoms with Crippen LogP contribution in [0, 0.1) is 11.7 Å². The van der Waals surface area contributed by atoms with Crippen molar-refractivity contribution in [1.82, 2.24) is 10.7 Å². The first kappa shape index (κ1) is 26.4. The fraction of sp³-hybridized carbons (Fsp3) is 0.192. The van der Waals surface area contributed by atoms with Crippen molar-refractivity contribution in [2.24, 2.45) is 11.0 Å². The van der Waals surface area contributed by atoms with E-state index in [-0.39, 0.29) is 18.1 Å². The highest BCUT2D eigenvalue weighted by Gasteiger charge is 2.24. The van der Waals surface area contributed by atoms with Gasteiger partial charge in [0.05, 0.1) is 6.21 Å². The maximum atomic E-state index is 13.1. The minimum absolute atomic E-state index is 0.213. The summed E-state index contributed by atoms with van der Waals surface area (Å²) in [5, 5.41) is 7.34. The highest BCUT2D eigenvalue weighted by molar-refractivity contribution is 9.10. The van der Waals surface area contributed by atoms with E-state index in [0.717, 1.165) is 10.0 Å². The molecule has 3 aromatic carbocycles. The minimum Gasteiger partial charge on any atom is -0.488 e. The predicted molar refractivity (Wildman–Crippen MR) is 138 cm³/mol. The van der Waals surface area contributed by atoms with Crippen LogP contribution >= 0.6 is 27.5 Å². The molecule has 0 aliphatic carbocycles. The SMILES string of the molecule is CC(C)C(NC(=O)c1ccc(F)cc1)C(=O)N/N=C/c1cc(Br)ccc1OCc1ccccc1Cl. The van der Waals surface area contributed by atoms with E-state index in [2.05, 4.69) is 31.8 Å².